The molecule has 4 nitrogen and oxygen atoms in total. The van der Waals surface area contributed by atoms with Crippen LogP contribution in [-0.4, -0.2) is 18.1 Å². The van der Waals surface area contributed by atoms with Gasteiger partial charge in [0.2, 0.25) is 0 Å². The van der Waals surface area contributed by atoms with Crippen molar-refractivity contribution in [1.82, 2.24) is 4.98 Å². The fraction of sp³-hybridized carbons (Fsp3) is 0.400. The second-order valence-corrected chi connectivity index (χ2v) is 4.04. The number of ether oxygens (including phenoxy) is 1. The molecule has 1 heterocycles. The molecule has 94 valence electrons. The van der Waals surface area contributed by atoms with E-state index in [1.807, 2.05) is 0 Å². The summed E-state index contributed by atoms with van der Waals surface area (Å²) >= 11 is 3.02. The summed E-state index contributed by atoms with van der Waals surface area (Å²) in [6.07, 6.45) is -2.84. The first-order chi connectivity index (χ1) is 7.99. The Hall–Kier alpha value is -1.08. The Morgan fingerprint density at radius 2 is 2.29 bits per heavy atom. The van der Waals surface area contributed by atoms with Gasteiger partial charge in [-0.1, -0.05) is 0 Å². The van der Waals surface area contributed by atoms with Crippen molar-refractivity contribution >= 4 is 21.9 Å². The Morgan fingerprint density at radius 1 is 1.65 bits per heavy atom. The molecule has 0 amide bonds. The molecule has 0 saturated carbocycles. The van der Waals surface area contributed by atoms with Gasteiger partial charge in [-0.25, -0.2) is 13.8 Å². The van der Waals surface area contributed by atoms with E-state index in [0.29, 0.717) is 5.56 Å². The molecule has 7 heteroatoms. The number of aromatic nitrogens is 1. The van der Waals surface area contributed by atoms with Gasteiger partial charge in [0.1, 0.15) is 10.3 Å². The van der Waals surface area contributed by atoms with Gasteiger partial charge in [0.25, 0.3) is 6.43 Å². The molecule has 0 fully saturated rings. The zero-order chi connectivity index (χ0) is 13.0. The largest absolute Gasteiger partial charge is 0.469 e. The minimum absolute atomic E-state index is 0.105. The lowest BCUT2D eigenvalue weighted by atomic mass is 10.0. The Bertz CT molecular complexity index is 427. The summed E-state index contributed by atoms with van der Waals surface area (Å²) in [5.41, 5.74) is 5.60. The molecular formula is C10H11BrF2N2O2. The quantitative estimate of drug-likeness (QED) is 0.682. The van der Waals surface area contributed by atoms with E-state index in [1.54, 1.807) is 0 Å². The van der Waals surface area contributed by atoms with Gasteiger partial charge in [0.05, 0.1) is 13.5 Å². The number of halogens is 3. The highest BCUT2D eigenvalue weighted by molar-refractivity contribution is 9.10. The average molecular weight is 309 g/mol. The molecular weight excluding hydrogens is 298 g/mol. The Morgan fingerprint density at radius 3 is 2.76 bits per heavy atom. The van der Waals surface area contributed by atoms with Crippen molar-refractivity contribution in [3.05, 3.63) is 27.5 Å². The highest BCUT2D eigenvalue weighted by Crippen LogP contribution is 2.26. The molecule has 0 aliphatic heterocycles. The number of carbonyl (C=O) groups is 1. The molecule has 2 N–H and O–H groups in total. The minimum atomic E-state index is -2.73. The highest BCUT2D eigenvalue weighted by Gasteiger charge is 2.19. The van der Waals surface area contributed by atoms with Crippen LogP contribution in [0.2, 0.25) is 0 Å². The maximum Gasteiger partial charge on any atom is 0.309 e. The van der Waals surface area contributed by atoms with Gasteiger partial charge in [-0.05, 0) is 33.1 Å². The third-order valence-electron chi connectivity index (χ3n) is 2.19. The summed E-state index contributed by atoms with van der Waals surface area (Å²) in [6.45, 7) is -0.105. The summed E-state index contributed by atoms with van der Waals surface area (Å²) in [7, 11) is 1.23. The molecule has 0 aromatic carbocycles. The van der Waals surface area contributed by atoms with E-state index in [9.17, 15) is 13.6 Å². The van der Waals surface area contributed by atoms with Crippen LogP contribution in [0.5, 0.6) is 0 Å². The van der Waals surface area contributed by atoms with Gasteiger partial charge in [-0.2, -0.15) is 0 Å². The van der Waals surface area contributed by atoms with Gasteiger partial charge < -0.3 is 10.5 Å². The smallest absolute Gasteiger partial charge is 0.309 e. The molecule has 1 aromatic rings. The SMILES string of the molecule is COC(=O)Cc1cc(Br)nc(C(F)F)c1CN. The normalized spacial score (nSPS) is 10.7. The van der Waals surface area contributed by atoms with Crippen molar-refractivity contribution < 1.29 is 18.3 Å². The lowest BCUT2D eigenvalue weighted by Crippen LogP contribution is -2.13. The summed E-state index contributed by atoms with van der Waals surface area (Å²) in [5, 5.41) is 0. The van der Waals surface area contributed by atoms with Crippen molar-refractivity contribution in [2.24, 2.45) is 5.73 Å². The number of hydrogen-bond donors (Lipinski definition) is 1. The monoisotopic (exact) mass is 308 g/mol. The van der Waals surface area contributed by atoms with Crippen LogP contribution in [0.3, 0.4) is 0 Å². The first kappa shape index (κ1) is 14.0. The maximum atomic E-state index is 12.7. The number of carbonyl (C=O) groups excluding carboxylic acids is 1. The second kappa shape index (κ2) is 6.02. The zero-order valence-electron chi connectivity index (χ0n) is 9.04. The van der Waals surface area contributed by atoms with Gasteiger partial charge in [-0.3, -0.25) is 4.79 Å². The van der Waals surface area contributed by atoms with E-state index >= 15 is 0 Å². The lowest BCUT2D eigenvalue weighted by molar-refractivity contribution is -0.139. The van der Waals surface area contributed by atoms with Crippen LogP contribution >= 0.6 is 15.9 Å². The van der Waals surface area contributed by atoms with Gasteiger partial charge >= 0.3 is 5.97 Å². The lowest BCUT2D eigenvalue weighted by Gasteiger charge is -2.12. The van der Waals surface area contributed by atoms with Gasteiger partial charge in [0.15, 0.2) is 0 Å². The minimum Gasteiger partial charge on any atom is -0.469 e. The highest BCUT2D eigenvalue weighted by atomic mass is 79.9. The number of alkyl halides is 2. The topological polar surface area (TPSA) is 65.2 Å². The van der Waals surface area contributed by atoms with Crippen molar-refractivity contribution in [2.75, 3.05) is 7.11 Å². The van der Waals surface area contributed by atoms with Crippen LogP contribution in [-0.2, 0) is 22.5 Å². The first-order valence-electron chi connectivity index (χ1n) is 4.72. The summed E-state index contributed by atoms with van der Waals surface area (Å²) in [6, 6.07) is 1.49. The number of pyridine rings is 1. The van der Waals surface area contributed by atoms with E-state index < -0.39 is 18.1 Å². The predicted octanol–water partition coefficient (Wildman–Crippen LogP) is 1.96. The third-order valence-corrected chi connectivity index (χ3v) is 2.60. The van der Waals surface area contributed by atoms with E-state index in [1.165, 1.54) is 13.2 Å². The molecule has 0 radical (unpaired) electrons. The van der Waals surface area contributed by atoms with Gasteiger partial charge in [-0.15, -0.1) is 0 Å². The van der Waals surface area contributed by atoms with Crippen LogP contribution in [0.15, 0.2) is 10.7 Å². The fourth-order valence-electron chi connectivity index (χ4n) is 1.41. The number of esters is 1. The Balaban J connectivity index is 3.23. The summed E-state index contributed by atoms with van der Waals surface area (Å²) in [5.74, 6) is -0.516. The third kappa shape index (κ3) is 3.44. The van der Waals surface area contributed by atoms with Gasteiger partial charge in [0, 0.05) is 6.54 Å². The molecule has 0 bridgehead atoms. The summed E-state index contributed by atoms with van der Waals surface area (Å²) in [4.78, 5) is 14.8. The number of nitrogens with two attached hydrogens (primary N) is 1. The molecule has 1 rings (SSSR count). The van der Waals surface area contributed by atoms with Crippen LogP contribution < -0.4 is 5.73 Å². The first-order valence-corrected chi connectivity index (χ1v) is 5.52. The predicted molar refractivity (Wildman–Crippen MR) is 60.5 cm³/mol. The van der Waals surface area contributed by atoms with E-state index in [4.69, 9.17) is 5.73 Å². The Kier molecular flexibility index (Phi) is 4.95. The molecule has 0 saturated heterocycles. The summed E-state index contributed by atoms with van der Waals surface area (Å²) < 4.78 is 30.2. The van der Waals surface area contributed by atoms with Crippen LogP contribution in [0.25, 0.3) is 0 Å². The van der Waals surface area contributed by atoms with Crippen molar-refractivity contribution in [2.45, 2.75) is 19.4 Å². The molecule has 1 aromatic heterocycles. The number of rotatable bonds is 4. The number of methoxy groups -OCH3 is 1. The second-order valence-electron chi connectivity index (χ2n) is 3.23. The fourth-order valence-corrected chi connectivity index (χ4v) is 1.88. The molecule has 0 aliphatic rings. The Labute approximate surface area is 105 Å². The standard InChI is InChI=1S/C10H11BrF2N2O2/c1-17-8(16)3-5-2-7(11)15-9(10(12)13)6(5)4-14/h2,10H,3-4,14H2,1H3. The van der Waals surface area contributed by atoms with E-state index in [2.05, 4.69) is 25.7 Å². The number of hydrogen-bond acceptors (Lipinski definition) is 4. The molecule has 0 unspecified atom stereocenters. The zero-order valence-corrected chi connectivity index (χ0v) is 10.6. The molecule has 17 heavy (non-hydrogen) atoms. The van der Waals surface area contributed by atoms with E-state index in [0.717, 1.165) is 0 Å². The molecule has 0 aliphatic carbocycles. The van der Waals surface area contributed by atoms with Crippen molar-refractivity contribution in [3.8, 4) is 0 Å². The average Bonchev–Trinajstić information content (AvgIpc) is 2.28. The molecule has 0 spiro atoms. The van der Waals surface area contributed by atoms with Crippen molar-refractivity contribution in [1.29, 1.82) is 0 Å². The molecule has 0 atom stereocenters. The van der Waals surface area contributed by atoms with Crippen LogP contribution in [0.1, 0.15) is 23.2 Å². The van der Waals surface area contributed by atoms with Crippen LogP contribution in [0, 0.1) is 0 Å². The number of nitrogens with zero attached hydrogens (tertiary/aromatic N) is 1. The van der Waals surface area contributed by atoms with E-state index in [-0.39, 0.29) is 23.1 Å². The maximum absolute atomic E-state index is 12.7. The van der Waals surface area contributed by atoms with Crippen molar-refractivity contribution in [3.63, 3.8) is 0 Å². The van der Waals surface area contributed by atoms with Crippen LogP contribution in [0.4, 0.5) is 8.78 Å².